The van der Waals surface area contributed by atoms with Crippen molar-refractivity contribution in [2.45, 2.75) is 6.92 Å². The third kappa shape index (κ3) is 2.87. The SMILES string of the molecule is Cc1ccn(OCC(N)=O)c(=S)c1. The Hall–Kier alpha value is -1.36. The van der Waals surface area contributed by atoms with Crippen LogP contribution in [0.1, 0.15) is 5.56 Å². The topological polar surface area (TPSA) is 57.2 Å². The van der Waals surface area contributed by atoms with Crippen LogP contribution in [0, 0.1) is 11.6 Å². The lowest BCUT2D eigenvalue weighted by atomic mass is 10.3. The van der Waals surface area contributed by atoms with Crippen LogP contribution < -0.4 is 10.6 Å². The fourth-order valence-electron chi connectivity index (χ4n) is 0.805. The van der Waals surface area contributed by atoms with Crippen LogP contribution in [0.25, 0.3) is 0 Å². The molecule has 70 valence electrons. The van der Waals surface area contributed by atoms with Gasteiger partial charge in [0, 0.05) is 6.20 Å². The normalized spacial score (nSPS) is 9.62. The standard InChI is InChI=1S/C8H10N2O2S/c1-6-2-3-10(8(13)4-6)12-5-7(9)11/h2-4H,5H2,1H3,(H2,9,11). The molecular weight excluding hydrogens is 188 g/mol. The number of pyridine rings is 1. The highest BCUT2D eigenvalue weighted by Crippen LogP contribution is 1.97. The van der Waals surface area contributed by atoms with E-state index in [1.807, 2.05) is 13.0 Å². The number of carbonyl (C=O) groups excluding carboxylic acids is 1. The fourth-order valence-corrected chi connectivity index (χ4v) is 1.10. The molecule has 0 fully saturated rings. The molecule has 0 saturated heterocycles. The van der Waals surface area contributed by atoms with Crippen LogP contribution in [0.4, 0.5) is 0 Å². The Labute approximate surface area is 80.9 Å². The zero-order valence-electron chi connectivity index (χ0n) is 7.19. The van der Waals surface area contributed by atoms with E-state index in [0.717, 1.165) is 5.56 Å². The largest absolute Gasteiger partial charge is 0.403 e. The van der Waals surface area contributed by atoms with Gasteiger partial charge in [0.15, 0.2) is 6.61 Å². The maximum Gasteiger partial charge on any atom is 0.258 e. The van der Waals surface area contributed by atoms with E-state index in [9.17, 15) is 4.79 Å². The molecule has 0 atom stereocenters. The lowest BCUT2D eigenvalue weighted by Gasteiger charge is -2.07. The zero-order chi connectivity index (χ0) is 9.84. The summed E-state index contributed by atoms with van der Waals surface area (Å²) in [4.78, 5) is 15.4. The number of nitrogens with two attached hydrogens (primary N) is 1. The number of hydrogen-bond acceptors (Lipinski definition) is 3. The minimum atomic E-state index is -0.525. The average Bonchev–Trinajstić information content (AvgIpc) is 2.02. The van der Waals surface area contributed by atoms with Gasteiger partial charge in [0.05, 0.1) is 0 Å². The Morgan fingerprint density at radius 2 is 2.46 bits per heavy atom. The third-order valence-corrected chi connectivity index (χ3v) is 1.68. The van der Waals surface area contributed by atoms with E-state index in [2.05, 4.69) is 0 Å². The van der Waals surface area contributed by atoms with Gasteiger partial charge in [-0.3, -0.25) is 4.79 Å². The van der Waals surface area contributed by atoms with E-state index in [0.29, 0.717) is 4.64 Å². The van der Waals surface area contributed by atoms with Crippen molar-refractivity contribution >= 4 is 18.1 Å². The maximum absolute atomic E-state index is 10.4. The van der Waals surface area contributed by atoms with Crippen molar-refractivity contribution in [1.82, 2.24) is 4.73 Å². The van der Waals surface area contributed by atoms with E-state index in [4.69, 9.17) is 22.8 Å². The summed E-state index contributed by atoms with van der Waals surface area (Å²) >= 11 is 4.98. The molecule has 1 rings (SSSR count). The van der Waals surface area contributed by atoms with Gasteiger partial charge in [0.25, 0.3) is 5.91 Å². The maximum atomic E-state index is 10.4. The quantitative estimate of drug-likeness (QED) is 0.717. The van der Waals surface area contributed by atoms with Crippen LogP contribution >= 0.6 is 12.2 Å². The van der Waals surface area contributed by atoms with E-state index in [1.54, 1.807) is 12.3 Å². The molecule has 1 amide bonds. The Morgan fingerprint density at radius 3 is 3.00 bits per heavy atom. The first kappa shape index (κ1) is 9.73. The predicted octanol–water partition coefficient (Wildman–Crippen LogP) is 0.440. The van der Waals surface area contributed by atoms with Gasteiger partial charge >= 0.3 is 0 Å². The van der Waals surface area contributed by atoms with Gasteiger partial charge in [0.2, 0.25) is 0 Å². The summed E-state index contributed by atoms with van der Waals surface area (Å²) in [5.41, 5.74) is 5.95. The minimum absolute atomic E-state index is 0.169. The molecule has 0 spiro atoms. The smallest absolute Gasteiger partial charge is 0.258 e. The van der Waals surface area contributed by atoms with E-state index < -0.39 is 5.91 Å². The molecule has 0 aliphatic carbocycles. The summed E-state index contributed by atoms with van der Waals surface area (Å²) in [5.74, 6) is -0.525. The monoisotopic (exact) mass is 198 g/mol. The molecule has 1 aromatic rings. The molecule has 5 heteroatoms. The Morgan fingerprint density at radius 1 is 1.77 bits per heavy atom. The Balaban J connectivity index is 2.78. The molecule has 2 N–H and O–H groups in total. The molecule has 0 aliphatic rings. The van der Waals surface area contributed by atoms with Crippen molar-refractivity contribution in [3.05, 3.63) is 28.5 Å². The van der Waals surface area contributed by atoms with E-state index >= 15 is 0 Å². The first-order valence-corrected chi connectivity index (χ1v) is 4.11. The molecular formula is C8H10N2O2S. The highest BCUT2D eigenvalue weighted by atomic mass is 32.1. The number of hydrogen-bond donors (Lipinski definition) is 1. The van der Waals surface area contributed by atoms with Crippen LogP contribution in [0.15, 0.2) is 18.3 Å². The summed E-state index contributed by atoms with van der Waals surface area (Å²) < 4.78 is 1.86. The third-order valence-electron chi connectivity index (χ3n) is 1.39. The number of primary amides is 1. The van der Waals surface area contributed by atoms with Gasteiger partial charge in [0.1, 0.15) is 4.64 Å². The molecule has 0 saturated carbocycles. The van der Waals surface area contributed by atoms with Crippen molar-refractivity contribution in [3.63, 3.8) is 0 Å². The highest BCUT2D eigenvalue weighted by molar-refractivity contribution is 7.71. The first-order valence-electron chi connectivity index (χ1n) is 3.70. The van der Waals surface area contributed by atoms with Crippen molar-refractivity contribution in [1.29, 1.82) is 0 Å². The Kier molecular flexibility index (Phi) is 3.02. The summed E-state index contributed by atoms with van der Waals surface area (Å²) in [5, 5.41) is 0. The molecule has 0 aliphatic heterocycles. The van der Waals surface area contributed by atoms with E-state index in [-0.39, 0.29) is 6.61 Å². The van der Waals surface area contributed by atoms with E-state index in [1.165, 1.54) is 4.73 Å². The van der Waals surface area contributed by atoms with Crippen LogP contribution in [0.5, 0.6) is 0 Å². The number of nitrogens with zero attached hydrogens (tertiary/aromatic N) is 1. The van der Waals surface area contributed by atoms with Gasteiger partial charge in [-0.1, -0.05) is 12.2 Å². The number of aryl methyl sites for hydroxylation is 1. The molecule has 0 radical (unpaired) electrons. The number of aromatic nitrogens is 1. The van der Waals surface area contributed by atoms with Crippen molar-refractivity contribution < 1.29 is 9.63 Å². The van der Waals surface area contributed by atoms with Gasteiger partial charge in [-0.2, -0.15) is 4.73 Å². The molecule has 1 aromatic heterocycles. The van der Waals surface area contributed by atoms with Gasteiger partial charge in [-0.15, -0.1) is 0 Å². The van der Waals surface area contributed by atoms with Crippen molar-refractivity contribution in [2.75, 3.05) is 6.61 Å². The van der Waals surface area contributed by atoms with Crippen LogP contribution in [-0.2, 0) is 4.79 Å². The van der Waals surface area contributed by atoms with Crippen molar-refractivity contribution in [2.24, 2.45) is 5.73 Å². The lowest BCUT2D eigenvalue weighted by Crippen LogP contribution is -2.25. The second kappa shape index (κ2) is 4.04. The molecule has 4 nitrogen and oxygen atoms in total. The minimum Gasteiger partial charge on any atom is -0.403 e. The second-order valence-electron chi connectivity index (χ2n) is 2.61. The second-order valence-corrected chi connectivity index (χ2v) is 3.03. The molecule has 13 heavy (non-hydrogen) atoms. The van der Waals surface area contributed by atoms with Gasteiger partial charge in [-0.05, 0) is 24.6 Å². The number of rotatable bonds is 3. The fraction of sp³-hybridized carbons (Fsp3) is 0.250. The van der Waals surface area contributed by atoms with Crippen molar-refractivity contribution in [3.8, 4) is 0 Å². The molecule has 1 heterocycles. The molecule has 0 unspecified atom stereocenters. The summed E-state index contributed by atoms with van der Waals surface area (Å²) in [6, 6.07) is 3.60. The van der Waals surface area contributed by atoms with Crippen LogP contribution in [0.3, 0.4) is 0 Å². The van der Waals surface area contributed by atoms with Gasteiger partial charge < -0.3 is 10.6 Å². The van der Waals surface area contributed by atoms with Crippen LogP contribution in [-0.4, -0.2) is 17.2 Å². The number of carbonyl (C=O) groups is 1. The summed E-state index contributed by atoms with van der Waals surface area (Å²) in [7, 11) is 0. The predicted molar refractivity (Wildman–Crippen MR) is 50.6 cm³/mol. The zero-order valence-corrected chi connectivity index (χ0v) is 8.00. The average molecular weight is 198 g/mol. The Bertz CT molecular complexity index is 373. The molecule has 0 bridgehead atoms. The highest BCUT2D eigenvalue weighted by Gasteiger charge is 1.96. The summed E-state index contributed by atoms with van der Waals surface area (Å²) in [6.45, 7) is 1.76. The molecule has 0 aromatic carbocycles. The van der Waals surface area contributed by atoms with Crippen LogP contribution in [0.2, 0.25) is 0 Å². The lowest BCUT2D eigenvalue weighted by molar-refractivity contribution is -0.122. The first-order chi connectivity index (χ1) is 6.09. The number of amides is 1. The summed E-state index contributed by atoms with van der Waals surface area (Å²) in [6.07, 6.45) is 1.65. The van der Waals surface area contributed by atoms with Gasteiger partial charge in [-0.25, -0.2) is 0 Å².